The summed E-state index contributed by atoms with van der Waals surface area (Å²) in [6.45, 7) is 15.3. The van der Waals surface area contributed by atoms with E-state index in [4.69, 9.17) is 37.9 Å². The molecule has 3 aliphatic heterocycles. The zero-order valence-electron chi connectivity index (χ0n) is 49.0. The Morgan fingerprint density at radius 2 is 1.16 bits per heavy atom. The monoisotopic (exact) mass is 1330 g/mol. The summed E-state index contributed by atoms with van der Waals surface area (Å²) in [5.41, 5.74) is -5.25. The maximum absolute atomic E-state index is 13.9. The number of aliphatic hydroxyl groups is 12. The average Bonchev–Trinajstić information content (AvgIpc) is 1.15. The van der Waals surface area contributed by atoms with Crippen LogP contribution in [0.25, 0.3) is 0 Å². The molecule has 8 rings (SSSR count). The molecule has 24 nitrogen and oxygen atoms in total. The fraction of sp³-hybridized carbons (Fsp3) is 0.842. The number of ether oxygens (including phenoxy) is 8. The smallest absolute Gasteiger partial charge is 0.335 e. The Morgan fingerprint density at radius 3 is 1.67 bits per heavy atom. The summed E-state index contributed by atoms with van der Waals surface area (Å²) in [7, 11) is 0. The molecule has 3 heterocycles. The maximum atomic E-state index is 13.9. The van der Waals surface area contributed by atoms with Gasteiger partial charge in [0.2, 0.25) is 0 Å². The SMILES string of the molecule is C/C=C(/C)C(=O)O[C@H]1[C@H](OC(=O)/C(C)=C\C)[C@@]2(CO)C(CC1(C)C)C1=CCC3[C@@]4(C)CC[C@H](O[C@@H]5OC(C(=O)O)[C@@H](O)[C@@H](O[C@@H]6O[C@@H](CO)[C@@H](O)C6O)C5O[C@@H]5OC(CO)[C@@H](O)[C@@H](O)C5O)[C@](C)(CO)C4CC[C@@]3(C)[C@]1(C)[C@@H](O)[C@H]2O.[Y].[Y]. The predicted molar refractivity (Wildman–Crippen MR) is 278 cm³/mol. The molecule has 0 aromatic heterocycles. The van der Waals surface area contributed by atoms with Gasteiger partial charge in [-0.1, -0.05) is 65.3 Å². The number of carbonyl (C=O) groups is 3. The van der Waals surface area contributed by atoms with Gasteiger partial charge in [0.1, 0.15) is 67.1 Å². The number of aliphatic hydroxyl groups excluding tert-OH is 12. The van der Waals surface area contributed by atoms with Crippen molar-refractivity contribution in [3.63, 3.8) is 0 Å². The van der Waals surface area contributed by atoms with E-state index in [0.717, 1.165) is 5.57 Å². The van der Waals surface area contributed by atoms with Gasteiger partial charge in [0.25, 0.3) is 0 Å². The van der Waals surface area contributed by atoms with Crippen LogP contribution in [0.5, 0.6) is 0 Å². The first-order valence-electron chi connectivity index (χ1n) is 28.3. The van der Waals surface area contributed by atoms with Crippen LogP contribution in [-0.2, 0) is 118 Å². The van der Waals surface area contributed by atoms with Crippen molar-refractivity contribution in [3.8, 4) is 0 Å². The molecule has 0 spiro atoms. The van der Waals surface area contributed by atoms with Crippen LogP contribution >= 0.6 is 0 Å². The number of hydrogen-bond acceptors (Lipinski definition) is 23. The van der Waals surface area contributed by atoms with Crippen molar-refractivity contribution >= 4 is 17.9 Å². The average molecular weight is 1340 g/mol. The van der Waals surface area contributed by atoms with Crippen LogP contribution in [-0.4, -0.2) is 227 Å². The minimum atomic E-state index is -2.18. The molecular weight excluding hydrogens is 1250 g/mol. The van der Waals surface area contributed by atoms with E-state index in [0.29, 0.717) is 31.3 Å². The number of hydrogen-bond donors (Lipinski definition) is 13. The third kappa shape index (κ3) is 11.5. The zero-order valence-corrected chi connectivity index (χ0v) is 54.6. The van der Waals surface area contributed by atoms with Crippen molar-refractivity contribution in [2.45, 2.75) is 224 Å². The number of carboxylic acid groups (broad SMARTS) is 1. The van der Waals surface area contributed by atoms with Crippen LogP contribution in [0, 0.1) is 50.2 Å². The third-order valence-electron chi connectivity index (χ3n) is 21.5. The molecule has 4 saturated carbocycles. The molecule has 5 aliphatic carbocycles. The molecule has 83 heavy (non-hydrogen) atoms. The predicted octanol–water partition coefficient (Wildman–Crippen LogP) is -0.770. The Hall–Kier alpha value is -0.882. The normalized spacial score (nSPS) is 48.6. The molecule has 8 unspecified atom stereocenters. The summed E-state index contributed by atoms with van der Waals surface area (Å²) in [5, 5.41) is 146. The molecule has 466 valence electrons. The van der Waals surface area contributed by atoms with E-state index in [1.165, 1.54) is 0 Å². The second-order valence-electron chi connectivity index (χ2n) is 25.9. The molecule has 2 radical (unpaired) electrons. The van der Waals surface area contributed by atoms with Crippen LogP contribution < -0.4 is 0 Å². The maximum Gasteiger partial charge on any atom is 0.335 e. The third-order valence-corrected chi connectivity index (χ3v) is 21.5. The first-order valence-corrected chi connectivity index (χ1v) is 28.3. The van der Waals surface area contributed by atoms with Crippen molar-refractivity contribution in [2.75, 3.05) is 26.4 Å². The van der Waals surface area contributed by atoms with Gasteiger partial charge in [-0.15, -0.1) is 0 Å². The molecule has 8 aliphatic rings. The van der Waals surface area contributed by atoms with E-state index in [9.17, 15) is 80.8 Å². The Bertz CT molecular complexity index is 2430. The molecule has 27 atom stereocenters. The molecular formula is C57H88O24Y2. The molecule has 7 fully saturated rings. The zero-order chi connectivity index (χ0) is 60.0. The molecule has 0 aromatic carbocycles. The van der Waals surface area contributed by atoms with Crippen LogP contribution in [0.1, 0.15) is 108 Å². The first-order chi connectivity index (χ1) is 37.9. The van der Waals surface area contributed by atoms with E-state index in [-0.39, 0.29) is 89.8 Å². The number of fused-ring (bicyclic) bond motifs is 7. The van der Waals surface area contributed by atoms with Gasteiger partial charge in [-0.25, -0.2) is 14.4 Å². The number of carboxylic acids is 1. The van der Waals surface area contributed by atoms with Crippen LogP contribution in [0.15, 0.2) is 34.9 Å². The molecule has 0 aromatic rings. The van der Waals surface area contributed by atoms with Gasteiger partial charge < -0.3 is 104 Å². The van der Waals surface area contributed by atoms with Gasteiger partial charge in [-0.2, -0.15) is 0 Å². The molecule has 0 amide bonds. The number of esters is 2. The Labute approximate surface area is 534 Å². The largest absolute Gasteiger partial charge is 0.479 e. The van der Waals surface area contributed by atoms with Crippen molar-refractivity contribution in [1.82, 2.24) is 0 Å². The Morgan fingerprint density at radius 1 is 0.627 bits per heavy atom. The van der Waals surface area contributed by atoms with E-state index < -0.39 is 205 Å². The summed E-state index contributed by atoms with van der Waals surface area (Å²) in [6.07, 6.45) is -25.7. The van der Waals surface area contributed by atoms with Crippen molar-refractivity contribution in [3.05, 3.63) is 34.9 Å². The number of rotatable bonds is 15. The van der Waals surface area contributed by atoms with Gasteiger partial charge in [0.05, 0.1) is 50.2 Å². The molecule has 13 N–H and O–H groups in total. The first kappa shape index (κ1) is 71.2. The van der Waals surface area contributed by atoms with Crippen LogP contribution in [0.4, 0.5) is 0 Å². The summed E-state index contributed by atoms with van der Waals surface area (Å²) in [5.74, 6) is -4.48. The topological polar surface area (TPSA) is 388 Å². The summed E-state index contributed by atoms with van der Waals surface area (Å²) in [6, 6.07) is 0. The van der Waals surface area contributed by atoms with E-state index in [2.05, 4.69) is 19.9 Å². The summed E-state index contributed by atoms with van der Waals surface area (Å²) < 4.78 is 48.8. The molecule has 0 bridgehead atoms. The fourth-order valence-electron chi connectivity index (χ4n) is 16.2. The Balaban J connectivity index is 0.00000553. The van der Waals surface area contributed by atoms with Gasteiger partial charge in [0, 0.05) is 92.8 Å². The van der Waals surface area contributed by atoms with Gasteiger partial charge in [0.15, 0.2) is 31.1 Å². The molecule has 3 saturated heterocycles. The standard InChI is InChI=1S/C57H88O24.2Y/c1-11-24(3)47(72)80-44-45(81-48(73)25(4)12-2)57(23-61)27(19-52(44,5)6)26-13-14-31-53(7)17-16-32(54(8,22-60)30(53)15-18-55(31,9)56(26,10)42(68)43(57)69)76-51-41(79-50-37(66)35(64)33(62)28(20-58)74-50)39(38(67)40(78-51)46(70)71)77-49-36(65)34(63)29(21-59)75-49;;/h11-13,27-45,49-51,58-69H,14-23H2,1-10H3,(H,70,71);;/b24-11-,25-12-;;/t27?,28?,29-,30?,31?,32-,33+,34+,35+,36?,37?,38-,39+,40?,41?,42-,43+,44-,45-,49-,50-,51+,53-,54+,55+,56-,57-;;/m0../s1. The summed E-state index contributed by atoms with van der Waals surface area (Å²) >= 11 is 0. The Kier molecular flexibility index (Phi) is 22.7. The minimum absolute atomic E-state index is 0. The van der Waals surface area contributed by atoms with Crippen molar-refractivity contribution in [2.24, 2.45) is 50.2 Å². The quantitative estimate of drug-likeness (QED) is 0.0414. The minimum Gasteiger partial charge on any atom is -0.479 e. The van der Waals surface area contributed by atoms with Gasteiger partial charge >= 0.3 is 17.9 Å². The van der Waals surface area contributed by atoms with E-state index in [1.54, 1.807) is 39.8 Å². The van der Waals surface area contributed by atoms with Crippen molar-refractivity contribution < 1.29 is 184 Å². The second-order valence-corrected chi connectivity index (χ2v) is 25.9. The number of carbonyl (C=O) groups excluding carboxylic acids is 2. The second kappa shape index (κ2) is 26.5. The fourth-order valence-corrected chi connectivity index (χ4v) is 16.2. The van der Waals surface area contributed by atoms with Crippen molar-refractivity contribution in [1.29, 1.82) is 0 Å². The number of aliphatic carboxylic acids is 1. The van der Waals surface area contributed by atoms with Gasteiger partial charge in [-0.05, 0) is 94.8 Å². The van der Waals surface area contributed by atoms with E-state index >= 15 is 0 Å². The van der Waals surface area contributed by atoms with Gasteiger partial charge in [-0.3, -0.25) is 0 Å². The summed E-state index contributed by atoms with van der Waals surface area (Å²) in [4.78, 5) is 40.4. The van der Waals surface area contributed by atoms with Crippen LogP contribution in [0.3, 0.4) is 0 Å². The molecule has 26 heteroatoms. The number of allylic oxidation sites excluding steroid dienone is 3. The van der Waals surface area contributed by atoms with Crippen LogP contribution in [0.2, 0.25) is 0 Å². The van der Waals surface area contributed by atoms with E-state index in [1.807, 2.05) is 27.7 Å².